The zero-order valence-corrected chi connectivity index (χ0v) is 9.84. The van der Waals surface area contributed by atoms with Gasteiger partial charge in [-0.25, -0.2) is 0 Å². The lowest BCUT2D eigenvalue weighted by atomic mass is 9.82. The van der Waals surface area contributed by atoms with Crippen LogP contribution in [0.1, 0.15) is 52.9 Å². The highest BCUT2D eigenvalue weighted by atomic mass is 16.6. The molecule has 86 valence electrons. The molecule has 0 aromatic carbocycles. The van der Waals surface area contributed by atoms with Gasteiger partial charge in [0, 0.05) is 0 Å². The Bertz CT molecular complexity index is 250. The Morgan fingerprint density at radius 2 is 1.67 bits per heavy atom. The Kier molecular flexibility index (Phi) is 3.89. The first kappa shape index (κ1) is 12.2. The topological polar surface area (TPSA) is 43.4 Å². The second-order valence-corrected chi connectivity index (χ2v) is 4.69. The summed E-state index contributed by atoms with van der Waals surface area (Å²) in [4.78, 5) is 23.1. The van der Waals surface area contributed by atoms with Gasteiger partial charge in [-0.05, 0) is 32.6 Å². The van der Waals surface area contributed by atoms with E-state index in [0.717, 1.165) is 19.3 Å². The van der Waals surface area contributed by atoms with Crippen molar-refractivity contribution in [2.75, 3.05) is 0 Å². The smallest absolute Gasteiger partial charge is 0.309 e. The third-order valence-corrected chi connectivity index (χ3v) is 3.07. The van der Waals surface area contributed by atoms with Gasteiger partial charge in [-0.2, -0.15) is 0 Å². The van der Waals surface area contributed by atoms with Crippen molar-refractivity contribution in [1.29, 1.82) is 0 Å². The number of rotatable bonds is 3. The minimum atomic E-state index is -0.806. The van der Waals surface area contributed by atoms with E-state index in [0.29, 0.717) is 12.8 Å². The zero-order chi connectivity index (χ0) is 11.5. The molecule has 0 aromatic rings. The minimum Gasteiger partial charge on any atom is -0.451 e. The van der Waals surface area contributed by atoms with Gasteiger partial charge < -0.3 is 4.74 Å². The van der Waals surface area contributed by atoms with E-state index in [9.17, 15) is 9.59 Å². The van der Waals surface area contributed by atoms with Crippen LogP contribution in [0.5, 0.6) is 0 Å². The third-order valence-electron chi connectivity index (χ3n) is 3.07. The molecule has 0 unspecified atom stereocenters. The fourth-order valence-electron chi connectivity index (χ4n) is 1.96. The number of esters is 1. The monoisotopic (exact) mass is 212 g/mol. The van der Waals surface area contributed by atoms with Crippen LogP contribution in [0.4, 0.5) is 0 Å². The average Bonchev–Trinajstić information content (AvgIpc) is 2.18. The fourth-order valence-corrected chi connectivity index (χ4v) is 1.96. The number of ether oxygens (including phenoxy) is 1. The van der Waals surface area contributed by atoms with Crippen molar-refractivity contribution in [2.45, 2.75) is 58.5 Å². The number of ketones is 1. The highest BCUT2D eigenvalue weighted by Gasteiger charge is 2.40. The molecule has 0 heterocycles. The Hall–Kier alpha value is -0.860. The van der Waals surface area contributed by atoms with Crippen LogP contribution < -0.4 is 0 Å². The van der Waals surface area contributed by atoms with Gasteiger partial charge in [-0.3, -0.25) is 9.59 Å². The molecule has 0 radical (unpaired) electrons. The van der Waals surface area contributed by atoms with Gasteiger partial charge in [0.2, 0.25) is 0 Å². The Labute approximate surface area is 91.2 Å². The van der Waals surface area contributed by atoms with Gasteiger partial charge in [0.15, 0.2) is 11.4 Å². The van der Waals surface area contributed by atoms with E-state index in [1.807, 2.05) is 0 Å². The lowest BCUT2D eigenvalue weighted by molar-refractivity contribution is -0.173. The molecule has 1 aliphatic carbocycles. The summed E-state index contributed by atoms with van der Waals surface area (Å²) in [7, 11) is 0. The first-order chi connectivity index (χ1) is 6.98. The van der Waals surface area contributed by atoms with Gasteiger partial charge >= 0.3 is 5.97 Å². The number of carbonyl (C=O) groups is 2. The molecule has 3 nitrogen and oxygen atoms in total. The molecule has 0 aromatic heterocycles. The van der Waals surface area contributed by atoms with Crippen molar-refractivity contribution in [3.63, 3.8) is 0 Å². The Balaban J connectivity index is 2.73. The summed E-state index contributed by atoms with van der Waals surface area (Å²) in [5.74, 6) is -0.425. The molecule has 0 N–H and O–H groups in total. The van der Waals surface area contributed by atoms with Gasteiger partial charge in [-0.15, -0.1) is 0 Å². The van der Waals surface area contributed by atoms with Crippen molar-refractivity contribution in [1.82, 2.24) is 0 Å². The molecule has 1 saturated carbocycles. The molecule has 1 rings (SSSR count). The summed E-state index contributed by atoms with van der Waals surface area (Å²) in [5.41, 5.74) is -0.806. The number of Topliss-reactive ketones (excluding diaryl/α,β-unsaturated/α-hetero) is 1. The largest absolute Gasteiger partial charge is 0.451 e. The standard InChI is InChI=1S/C12H20O3/c1-9(2)11(14)15-12(10(3)13)7-5-4-6-8-12/h9H,4-8H2,1-3H3. The van der Waals surface area contributed by atoms with Crippen LogP contribution in [-0.4, -0.2) is 17.4 Å². The SMILES string of the molecule is CC(=O)C1(OC(=O)C(C)C)CCCCC1. The summed E-state index contributed by atoms with van der Waals surface area (Å²) >= 11 is 0. The van der Waals surface area contributed by atoms with E-state index in [1.165, 1.54) is 6.92 Å². The molecule has 0 saturated heterocycles. The second-order valence-electron chi connectivity index (χ2n) is 4.69. The van der Waals surface area contributed by atoms with Crippen molar-refractivity contribution in [2.24, 2.45) is 5.92 Å². The predicted octanol–water partition coefficient (Wildman–Crippen LogP) is 2.48. The van der Waals surface area contributed by atoms with Gasteiger partial charge in [-0.1, -0.05) is 20.3 Å². The number of carbonyl (C=O) groups excluding carboxylic acids is 2. The Morgan fingerprint density at radius 1 is 1.13 bits per heavy atom. The van der Waals surface area contributed by atoms with Gasteiger partial charge in [0.1, 0.15) is 0 Å². The first-order valence-corrected chi connectivity index (χ1v) is 5.72. The van der Waals surface area contributed by atoms with Crippen LogP contribution in [0.3, 0.4) is 0 Å². The van der Waals surface area contributed by atoms with Crippen LogP contribution in [0.15, 0.2) is 0 Å². The van der Waals surface area contributed by atoms with Crippen LogP contribution in [0.2, 0.25) is 0 Å². The van der Waals surface area contributed by atoms with Crippen LogP contribution >= 0.6 is 0 Å². The molecule has 0 amide bonds. The maximum atomic E-state index is 11.6. The number of hydrogen-bond acceptors (Lipinski definition) is 3. The predicted molar refractivity (Wildman–Crippen MR) is 57.4 cm³/mol. The van der Waals surface area contributed by atoms with E-state index in [-0.39, 0.29) is 17.7 Å². The van der Waals surface area contributed by atoms with Crippen molar-refractivity contribution in [3.8, 4) is 0 Å². The quantitative estimate of drug-likeness (QED) is 0.675. The Morgan fingerprint density at radius 3 is 2.07 bits per heavy atom. The molecule has 0 bridgehead atoms. The maximum absolute atomic E-state index is 11.6. The van der Waals surface area contributed by atoms with E-state index in [4.69, 9.17) is 4.74 Å². The van der Waals surface area contributed by atoms with Crippen molar-refractivity contribution >= 4 is 11.8 Å². The average molecular weight is 212 g/mol. The van der Waals surface area contributed by atoms with E-state index in [1.54, 1.807) is 13.8 Å². The summed E-state index contributed by atoms with van der Waals surface area (Å²) in [6, 6.07) is 0. The second kappa shape index (κ2) is 4.77. The van der Waals surface area contributed by atoms with Gasteiger partial charge in [0.05, 0.1) is 5.92 Å². The van der Waals surface area contributed by atoms with E-state index < -0.39 is 5.60 Å². The third kappa shape index (κ3) is 2.80. The molecule has 3 heteroatoms. The molecule has 1 fully saturated rings. The molecule has 0 atom stereocenters. The lowest BCUT2D eigenvalue weighted by Crippen LogP contribution is -2.44. The lowest BCUT2D eigenvalue weighted by Gasteiger charge is -2.34. The highest BCUT2D eigenvalue weighted by molar-refractivity contribution is 5.88. The summed E-state index contributed by atoms with van der Waals surface area (Å²) in [5, 5.41) is 0. The van der Waals surface area contributed by atoms with Crippen LogP contribution in [-0.2, 0) is 14.3 Å². The zero-order valence-electron chi connectivity index (χ0n) is 9.84. The summed E-state index contributed by atoms with van der Waals surface area (Å²) in [6.45, 7) is 5.11. The molecular formula is C12H20O3. The minimum absolute atomic E-state index is 0.00352. The number of hydrogen-bond donors (Lipinski definition) is 0. The summed E-state index contributed by atoms with van der Waals surface area (Å²) in [6.07, 6.45) is 4.48. The molecule has 0 aliphatic heterocycles. The van der Waals surface area contributed by atoms with Gasteiger partial charge in [0.25, 0.3) is 0 Å². The molecule has 15 heavy (non-hydrogen) atoms. The van der Waals surface area contributed by atoms with Crippen LogP contribution in [0.25, 0.3) is 0 Å². The van der Waals surface area contributed by atoms with E-state index >= 15 is 0 Å². The van der Waals surface area contributed by atoms with Crippen molar-refractivity contribution in [3.05, 3.63) is 0 Å². The first-order valence-electron chi connectivity index (χ1n) is 5.72. The molecular weight excluding hydrogens is 192 g/mol. The maximum Gasteiger partial charge on any atom is 0.309 e. The molecule has 1 aliphatic rings. The van der Waals surface area contributed by atoms with Crippen molar-refractivity contribution < 1.29 is 14.3 Å². The normalized spacial score (nSPS) is 20.0. The molecule has 0 spiro atoms. The van der Waals surface area contributed by atoms with E-state index in [2.05, 4.69) is 0 Å². The summed E-state index contributed by atoms with van der Waals surface area (Å²) < 4.78 is 5.41. The highest BCUT2D eigenvalue weighted by Crippen LogP contribution is 2.33. The van der Waals surface area contributed by atoms with Crippen LogP contribution in [0, 0.1) is 5.92 Å². The fraction of sp³-hybridized carbons (Fsp3) is 0.833.